The first kappa shape index (κ1) is 20.5. The first-order valence-electron chi connectivity index (χ1n) is 9.07. The molecule has 2 aromatic heterocycles. The Hall–Kier alpha value is -2.20. The highest BCUT2D eigenvalue weighted by Crippen LogP contribution is 2.43. The fourth-order valence-corrected chi connectivity index (χ4v) is 3.17. The van der Waals surface area contributed by atoms with Gasteiger partial charge in [-0.05, 0) is 45.6 Å². The average Bonchev–Trinajstić information content (AvgIpc) is 3.11. The van der Waals surface area contributed by atoms with Crippen LogP contribution in [0.15, 0.2) is 10.5 Å². The molecule has 3 rings (SSSR count). The Kier molecular flexibility index (Phi) is 5.62. The predicted molar refractivity (Wildman–Crippen MR) is 91.3 cm³/mol. The van der Waals surface area contributed by atoms with Gasteiger partial charge in [0, 0.05) is 11.1 Å². The predicted octanol–water partition coefficient (Wildman–Crippen LogP) is 3.41. The first-order valence-corrected chi connectivity index (χ1v) is 9.07. The van der Waals surface area contributed by atoms with E-state index in [2.05, 4.69) is 15.2 Å². The molecule has 4 bridgehead atoms. The smallest absolute Gasteiger partial charge is 0.426 e. The minimum Gasteiger partial charge on any atom is -0.474 e. The number of aromatic nitrogens is 3. The normalized spacial score (nSPS) is 23.8. The maximum atomic E-state index is 13.6. The number of ether oxygens (including phenoxy) is 1. The minimum atomic E-state index is -4.98. The van der Waals surface area contributed by atoms with Crippen LogP contribution in [0, 0.1) is 6.92 Å². The van der Waals surface area contributed by atoms with E-state index in [9.17, 15) is 23.4 Å². The van der Waals surface area contributed by atoms with Crippen molar-refractivity contribution in [2.45, 2.75) is 70.4 Å². The molecule has 0 unspecified atom stereocenters. The van der Waals surface area contributed by atoms with Crippen molar-refractivity contribution in [3.63, 3.8) is 0 Å². The van der Waals surface area contributed by atoms with Crippen molar-refractivity contribution in [3.05, 3.63) is 23.1 Å². The topological polar surface area (TPSA) is 102 Å². The Morgan fingerprint density at radius 2 is 2.00 bits per heavy atom. The summed E-state index contributed by atoms with van der Waals surface area (Å²) >= 11 is 0. The Morgan fingerprint density at radius 3 is 2.68 bits per heavy atom. The molecule has 0 amide bonds. The van der Waals surface area contributed by atoms with Gasteiger partial charge in [-0.2, -0.15) is 13.2 Å². The number of hydrogen-bond acceptors (Lipinski definition) is 7. The third-order valence-electron chi connectivity index (χ3n) is 4.83. The summed E-state index contributed by atoms with van der Waals surface area (Å²) in [4.78, 5) is 4.30. The highest BCUT2D eigenvalue weighted by Gasteiger charge is 2.58. The van der Waals surface area contributed by atoms with Crippen LogP contribution >= 0.6 is 0 Å². The lowest BCUT2D eigenvalue weighted by molar-refractivity contribution is -0.277. The molecule has 10 heteroatoms. The number of aliphatic hydroxyl groups excluding tert-OH is 1. The van der Waals surface area contributed by atoms with Crippen molar-refractivity contribution < 1.29 is 32.5 Å². The van der Waals surface area contributed by atoms with E-state index in [0.29, 0.717) is 30.4 Å². The third kappa shape index (κ3) is 3.83. The lowest BCUT2D eigenvalue weighted by Crippen LogP contribution is -2.42. The van der Waals surface area contributed by atoms with Crippen LogP contribution in [0.1, 0.15) is 56.0 Å². The average molecular weight is 401 g/mol. The molecule has 0 fully saturated rings. The van der Waals surface area contributed by atoms with Gasteiger partial charge in [0.2, 0.25) is 11.5 Å². The molecule has 1 aliphatic heterocycles. The quantitative estimate of drug-likeness (QED) is 0.755. The van der Waals surface area contributed by atoms with Crippen molar-refractivity contribution in [1.29, 1.82) is 0 Å². The molecule has 0 saturated carbocycles. The number of aryl methyl sites for hydroxylation is 1. The van der Waals surface area contributed by atoms with Crippen LogP contribution in [-0.2, 0) is 12.2 Å². The Morgan fingerprint density at radius 1 is 1.25 bits per heavy atom. The Balaban J connectivity index is 2.14. The molecule has 0 spiro atoms. The van der Waals surface area contributed by atoms with E-state index in [1.165, 1.54) is 0 Å². The number of alkyl halides is 3. The lowest BCUT2D eigenvalue weighted by atomic mass is 9.94. The van der Waals surface area contributed by atoms with Crippen LogP contribution in [0.2, 0.25) is 0 Å². The molecule has 2 atom stereocenters. The summed E-state index contributed by atoms with van der Waals surface area (Å²) in [7, 11) is 0. The molecular weight excluding hydrogens is 379 g/mol. The molecule has 1 aliphatic rings. The summed E-state index contributed by atoms with van der Waals surface area (Å²) in [5.74, 6) is -0.979. The Labute approximate surface area is 159 Å². The molecular formula is C18H22F3N3O4. The number of aliphatic hydroxyl groups is 2. The summed E-state index contributed by atoms with van der Waals surface area (Å²) in [5, 5.41) is 27.1. The molecule has 0 aromatic carbocycles. The monoisotopic (exact) mass is 401 g/mol. The molecule has 154 valence electrons. The van der Waals surface area contributed by atoms with Crippen molar-refractivity contribution in [2.75, 3.05) is 0 Å². The molecule has 0 saturated heterocycles. The fourth-order valence-electron chi connectivity index (χ4n) is 3.17. The second-order valence-corrected chi connectivity index (χ2v) is 7.07. The number of hydrogen-bond donors (Lipinski definition) is 2. The first-order chi connectivity index (χ1) is 13.2. The van der Waals surface area contributed by atoms with Gasteiger partial charge in [-0.3, -0.25) is 0 Å². The summed E-state index contributed by atoms with van der Waals surface area (Å²) < 4.78 is 51.8. The summed E-state index contributed by atoms with van der Waals surface area (Å²) in [6, 6.07) is 1.61. The van der Waals surface area contributed by atoms with Crippen LogP contribution < -0.4 is 4.74 Å². The van der Waals surface area contributed by atoms with Crippen molar-refractivity contribution >= 4 is 0 Å². The number of nitrogens with zero attached hydrogens (tertiary/aromatic N) is 3. The van der Waals surface area contributed by atoms with Crippen molar-refractivity contribution in [1.82, 2.24) is 15.2 Å². The van der Waals surface area contributed by atoms with E-state index in [1.807, 2.05) is 6.92 Å². The second-order valence-electron chi connectivity index (χ2n) is 7.07. The van der Waals surface area contributed by atoms with E-state index >= 15 is 0 Å². The SMILES string of the molecule is Cc1cc(CO)c2nc1O[C@H](C)CCCCC[C@](O)(C(F)(F)F)c1nnc-2o1. The van der Waals surface area contributed by atoms with Gasteiger partial charge in [0.25, 0.3) is 11.8 Å². The summed E-state index contributed by atoms with van der Waals surface area (Å²) in [6.07, 6.45) is -3.91. The van der Waals surface area contributed by atoms with E-state index in [4.69, 9.17) is 9.15 Å². The zero-order valence-corrected chi connectivity index (χ0v) is 15.6. The zero-order chi connectivity index (χ0) is 20.5. The van der Waals surface area contributed by atoms with Gasteiger partial charge in [0.05, 0.1) is 12.7 Å². The summed E-state index contributed by atoms with van der Waals surface area (Å²) in [5.41, 5.74) is -2.25. The number of halogens is 3. The molecule has 3 heterocycles. The number of fused-ring (bicyclic) bond motifs is 5. The molecule has 0 aliphatic carbocycles. The molecule has 2 N–H and O–H groups in total. The lowest BCUT2D eigenvalue weighted by Gasteiger charge is -2.27. The van der Waals surface area contributed by atoms with Gasteiger partial charge >= 0.3 is 6.18 Å². The van der Waals surface area contributed by atoms with E-state index < -0.39 is 30.7 Å². The van der Waals surface area contributed by atoms with Crippen LogP contribution in [0.5, 0.6) is 5.88 Å². The molecule has 28 heavy (non-hydrogen) atoms. The minimum absolute atomic E-state index is 0.0237. The molecule has 0 radical (unpaired) electrons. The van der Waals surface area contributed by atoms with Gasteiger partial charge < -0.3 is 19.4 Å². The zero-order valence-electron chi connectivity index (χ0n) is 15.6. The second kappa shape index (κ2) is 7.67. The maximum Gasteiger partial charge on any atom is 0.426 e. The van der Waals surface area contributed by atoms with E-state index in [-0.39, 0.29) is 30.0 Å². The van der Waals surface area contributed by atoms with Gasteiger partial charge in [0.1, 0.15) is 5.69 Å². The van der Waals surface area contributed by atoms with E-state index in [0.717, 1.165) is 0 Å². The van der Waals surface area contributed by atoms with Gasteiger partial charge in [-0.1, -0.05) is 6.42 Å². The third-order valence-corrected chi connectivity index (χ3v) is 4.83. The van der Waals surface area contributed by atoms with Crippen LogP contribution in [-0.4, -0.2) is 37.7 Å². The molecule has 7 nitrogen and oxygen atoms in total. The highest BCUT2D eigenvalue weighted by atomic mass is 19.4. The fraction of sp³-hybridized carbons (Fsp3) is 0.611. The van der Waals surface area contributed by atoms with Crippen LogP contribution in [0.3, 0.4) is 0 Å². The maximum absolute atomic E-state index is 13.6. The summed E-state index contributed by atoms with van der Waals surface area (Å²) in [6.45, 7) is 3.17. The van der Waals surface area contributed by atoms with Gasteiger partial charge in [-0.25, -0.2) is 4.98 Å². The number of pyridine rings is 1. The van der Waals surface area contributed by atoms with Crippen molar-refractivity contribution in [2.24, 2.45) is 0 Å². The number of rotatable bonds is 1. The largest absolute Gasteiger partial charge is 0.474 e. The van der Waals surface area contributed by atoms with Crippen LogP contribution in [0.25, 0.3) is 11.6 Å². The highest BCUT2D eigenvalue weighted by molar-refractivity contribution is 5.55. The van der Waals surface area contributed by atoms with Gasteiger partial charge in [0.15, 0.2) is 0 Å². The van der Waals surface area contributed by atoms with Gasteiger partial charge in [-0.15, -0.1) is 10.2 Å². The van der Waals surface area contributed by atoms with Crippen molar-refractivity contribution in [3.8, 4) is 17.5 Å². The molecule has 2 aromatic rings. The van der Waals surface area contributed by atoms with Crippen LogP contribution in [0.4, 0.5) is 13.2 Å². The Bertz CT molecular complexity index is 840. The van der Waals surface area contributed by atoms with E-state index in [1.54, 1.807) is 13.0 Å². The standard InChI is InChI=1S/C18H22F3N3O4/c1-10-8-12(9-25)13-15-23-24-16(28-15)17(26,18(19,20)21)7-5-3-4-6-11(2)27-14(10)22-13/h8,11,25-26H,3-7,9H2,1-2H3/t11-,17-/m1/s1.